The molecule has 0 heterocycles. The first kappa shape index (κ1) is 23.7. The van der Waals surface area contributed by atoms with Crippen LogP contribution in [0.4, 0.5) is 26.3 Å². The number of hydrogen-bond donors (Lipinski definition) is 1. The lowest BCUT2D eigenvalue weighted by Gasteiger charge is -2.13. The minimum Gasteiger partial charge on any atom is -0.304 e. The molecule has 0 rings (SSSR count). The number of halogens is 6. The van der Waals surface area contributed by atoms with Crippen molar-refractivity contribution in [1.29, 1.82) is 0 Å². The molecule has 22 heavy (non-hydrogen) atoms. The summed E-state index contributed by atoms with van der Waals surface area (Å²) in [5.41, 5.74) is -12.3. The highest BCUT2D eigenvalue weighted by molar-refractivity contribution is 8.05. The van der Waals surface area contributed by atoms with Crippen LogP contribution < -0.4 is 4.13 Å². The zero-order chi connectivity index (χ0) is 18.4. The van der Waals surface area contributed by atoms with Crippen molar-refractivity contribution in [2.75, 3.05) is 19.6 Å². The molecule has 0 radical (unpaired) electrons. The van der Waals surface area contributed by atoms with E-state index < -0.39 is 35.2 Å². The van der Waals surface area contributed by atoms with Crippen molar-refractivity contribution < 1.29 is 43.2 Å². The van der Waals surface area contributed by atoms with Gasteiger partial charge in [-0.25, -0.2) is 16.8 Å². The van der Waals surface area contributed by atoms with Crippen LogP contribution in [0.25, 0.3) is 0 Å². The molecule has 0 aliphatic rings. The summed E-state index contributed by atoms with van der Waals surface area (Å²) in [6, 6.07) is 0. The standard InChI is InChI=1S/C6H15N.C2HF6NO4S2/c1-4-7(5-2)6-3;3-1(4,5)14(10,11)9-15(12,13)2(6,7)8/h4-6H2,1-3H3;9H. The first-order chi connectivity index (χ1) is 9.55. The van der Waals surface area contributed by atoms with Crippen molar-refractivity contribution in [2.45, 2.75) is 31.8 Å². The third kappa shape index (κ3) is 7.60. The Labute approximate surface area is 124 Å². The van der Waals surface area contributed by atoms with Gasteiger partial charge in [-0.05, 0) is 19.6 Å². The predicted octanol–water partition coefficient (Wildman–Crippen LogP) is 1.62. The molecule has 0 fully saturated rings. The monoisotopic (exact) mass is 382 g/mol. The van der Waals surface area contributed by atoms with E-state index in [-0.39, 0.29) is 0 Å². The van der Waals surface area contributed by atoms with Gasteiger partial charge in [-0.1, -0.05) is 24.9 Å². The van der Waals surface area contributed by atoms with E-state index in [9.17, 15) is 43.2 Å². The molecule has 0 bridgehead atoms. The Morgan fingerprint density at radius 1 is 0.727 bits per heavy atom. The van der Waals surface area contributed by atoms with Crippen molar-refractivity contribution in [1.82, 2.24) is 9.03 Å². The molecule has 136 valence electrons. The van der Waals surface area contributed by atoms with Crippen LogP contribution in [-0.4, -0.2) is 52.4 Å². The second-order valence-corrected chi connectivity index (χ2v) is 7.21. The Balaban J connectivity index is 0. The first-order valence-electron chi connectivity index (χ1n) is 5.69. The largest absolute Gasteiger partial charge is 0.512 e. The molecule has 0 aromatic heterocycles. The van der Waals surface area contributed by atoms with Crippen LogP contribution in [-0.2, 0) is 20.0 Å². The van der Waals surface area contributed by atoms with E-state index in [1.165, 1.54) is 19.6 Å². The van der Waals surface area contributed by atoms with Gasteiger partial charge in [0, 0.05) is 0 Å². The molecule has 0 spiro atoms. The Morgan fingerprint density at radius 3 is 1.05 bits per heavy atom. The van der Waals surface area contributed by atoms with Gasteiger partial charge in [0.15, 0.2) is 0 Å². The molecule has 0 saturated heterocycles. The van der Waals surface area contributed by atoms with E-state index in [2.05, 4.69) is 25.7 Å². The van der Waals surface area contributed by atoms with E-state index in [1.54, 1.807) is 0 Å². The molecule has 0 aliphatic heterocycles. The van der Waals surface area contributed by atoms with Crippen molar-refractivity contribution >= 4 is 20.0 Å². The molecule has 0 amide bonds. The van der Waals surface area contributed by atoms with Gasteiger partial charge in [0.25, 0.3) is 0 Å². The van der Waals surface area contributed by atoms with Crippen LogP contribution in [0.3, 0.4) is 0 Å². The predicted molar refractivity (Wildman–Crippen MR) is 66.5 cm³/mol. The molecule has 14 heteroatoms. The van der Waals surface area contributed by atoms with Crippen molar-refractivity contribution in [3.63, 3.8) is 0 Å². The third-order valence-corrected chi connectivity index (χ3v) is 5.14. The van der Waals surface area contributed by atoms with E-state index in [4.69, 9.17) is 0 Å². The van der Waals surface area contributed by atoms with E-state index >= 15 is 0 Å². The van der Waals surface area contributed by atoms with Gasteiger partial charge in [0.05, 0.1) is 0 Å². The Kier molecular flexibility index (Phi) is 8.94. The molecule has 6 nitrogen and oxygen atoms in total. The second kappa shape index (κ2) is 8.31. The van der Waals surface area contributed by atoms with Crippen LogP contribution in [0.2, 0.25) is 0 Å². The Morgan fingerprint density at radius 2 is 0.955 bits per heavy atom. The molecule has 0 aromatic rings. The molecule has 0 aliphatic carbocycles. The highest BCUT2D eigenvalue weighted by Gasteiger charge is 2.55. The lowest BCUT2D eigenvalue weighted by molar-refractivity contribution is -0.0476. The minimum atomic E-state index is -6.60. The summed E-state index contributed by atoms with van der Waals surface area (Å²) in [4.78, 5) is 2.38. The summed E-state index contributed by atoms with van der Waals surface area (Å²) < 4.78 is 108. The number of hydrogen-bond acceptors (Lipinski definition) is 5. The molecule has 0 atom stereocenters. The fourth-order valence-corrected chi connectivity index (χ4v) is 2.82. The maximum Gasteiger partial charge on any atom is 0.512 e. The lowest BCUT2D eigenvalue weighted by atomic mass is 10.5. The van der Waals surface area contributed by atoms with Gasteiger partial charge in [-0.2, -0.15) is 26.3 Å². The average Bonchev–Trinajstić information content (AvgIpc) is 2.27. The van der Waals surface area contributed by atoms with Gasteiger partial charge < -0.3 is 4.90 Å². The van der Waals surface area contributed by atoms with Crippen LogP contribution in [0, 0.1) is 0 Å². The van der Waals surface area contributed by atoms with Crippen LogP contribution in [0.5, 0.6) is 0 Å². The smallest absolute Gasteiger partial charge is 0.304 e. The van der Waals surface area contributed by atoms with Gasteiger partial charge in [-0.15, -0.1) is 0 Å². The summed E-state index contributed by atoms with van der Waals surface area (Å²) >= 11 is 0. The van der Waals surface area contributed by atoms with Crippen molar-refractivity contribution in [3.05, 3.63) is 0 Å². The Hall–Kier alpha value is -0.600. The number of rotatable bonds is 5. The number of alkyl halides is 6. The molecule has 0 saturated carbocycles. The average molecular weight is 382 g/mol. The quantitative estimate of drug-likeness (QED) is 0.731. The van der Waals surface area contributed by atoms with Crippen LogP contribution >= 0.6 is 0 Å². The zero-order valence-corrected chi connectivity index (χ0v) is 13.4. The highest BCUT2D eigenvalue weighted by atomic mass is 32.3. The number of nitrogens with one attached hydrogen (secondary N) is 1. The highest BCUT2D eigenvalue weighted by Crippen LogP contribution is 2.27. The van der Waals surface area contributed by atoms with E-state index in [0.717, 1.165) is 0 Å². The maximum atomic E-state index is 11.5. The van der Waals surface area contributed by atoms with Gasteiger partial charge in [-0.3, -0.25) is 0 Å². The van der Waals surface area contributed by atoms with Gasteiger partial charge >= 0.3 is 31.1 Å². The molecule has 0 unspecified atom stereocenters. The second-order valence-electron chi connectivity index (χ2n) is 3.60. The topological polar surface area (TPSA) is 83.6 Å². The van der Waals surface area contributed by atoms with Crippen molar-refractivity contribution in [2.24, 2.45) is 0 Å². The molecule has 0 aromatic carbocycles. The number of sulfonamides is 2. The van der Waals surface area contributed by atoms with E-state index in [1.807, 2.05) is 0 Å². The first-order valence-corrected chi connectivity index (χ1v) is 8.65. The van der Waals surface area contributed by atoms with Crippen LogP contribution in [0.15, 0.2) is 0 Å². The zero-order valence-electron chi connectivity index (χ0n) is 11.8. The maximum absolute atomic E-state index is 11.5. The van der Waals surface area contributed by atoms with Crippen molar-refractivity contribution in [3.8, 4) is 0 Å². The summed E-state index contributed by atoms with van der Waals surface area (Å²) in [5, 5.41) is 0. The molecular weight excluding hydrogens is 366 g/mol. The lowest BCUT2D eigenvalue weighted by Crippen LogP contribution is -2.45. The van der Waals surface area contributed by atoms with Gasteiger partial charge in [0.2, 0.25) is 0 Å². The molecular formula is C8H16F6N2O4S2. The summed E-state index contributed by atoms with van der Waals surface area (Å²) in [5.74, 6) is 0. The normalized spacial score (nSPS) is 13.7. The number of nitrogens with zero attached hydrogens (tertiary/aromatic N) is 1. The SMILES string of the molecule is CCN(CC)CC.O=S(=O)(NS(=O)(=O)C(F)(F)F)C(F)(F)F. The summed E-state index contributed by atoms with van der Waals surface area (Å²) in [6.45, 7) is 10.1. The van der Waals surface area contributed by atoms with E-state index in [0.29, 0.717) is 0 Å². The van der Waals surface area contributed by atoms with Gasteiger partial charge in [0.1, 0.15) is 0 Å². The van der Waals surface area contributed by atoms with Crippen LogP contribution in [0.1, 0.15) is 20.8 Å². The fraction of sp³-hybridized carbons (Fsp3) is 1.00. The summed E-state index contributed by atoms with van der Waals surface area (Å²) in [6.07, 6.45) is 0. The third-order valence-electron chi connectivity index (χ3n) is 2.17. The minimum absolute atomic E-state index is 0.493. The Bertz CT molecular complexity index is 474. The molecule has 1 N–H and O–H groups in total. The fourth-order valence-electron chi connectivity index (χ4n) is 0.910. The summed E-state index contributed by atoms with van der Waals surface area (Å²) in [7, 11) is -13.2.